The number of likely N-dealkylation sites (tertiary alicyclic amines) is 1. The number of nitrogens with one attached hydrogen (secondary N) is 1. The first-order valence-electron chi connectivity index (χ1n) is 8.36. The third kappa shape index (κ3) is 4.37. The normalized spacial score (nSPS) is 20.3. The van der Waals surface area contributed by atoms with Crippen molar-refractivity contribution in [3.63, 3.8) is 0 Å². The zero-order valence-corrected chi connectivity index (χ0v) is 14.1. The first-order valence-corrected chi connectivity index (χ1v) is 8.36. The minimum absolute atomic E-state index is 0.168. The van der Waals surface area contributed by atoms with Gasteiger partial charge in [-0.15, -0.1) is 0 Å². The van der Waals surface area contributed by atoms with Gasteiger partial charge < -0.3 is 15.3 Å². The van der Waals surface area contributed by atoms with Crippen LogP contribution < -0.4 is 5.32 Å². The lowest BCUT2D eigenvalue weighted by Gasteiger charge is -2.34. The van der Waals surface area contributed by atoms with Crippen LogP contribution in [0.4, 0.5) is 10.5 Å². The second-order valence-electron chi connectivity index (χ2n) is 6.62. The topological polar surface area (TPSA) is 87.5 Å². The number of carbonyl (C=O) groups is 2. The highest BCUT2D eigenvalue weighted by Gasteiger charge is 2.31. The van der Waals surface area contributed by atoms with Gasteiger partial charge in [-0.25, -0.2) is 4.79 Å². The second kappa shape index (κ2) is 7.38. The summed E-state index contributed by atoms with van der Waals surface area (Å²) in [5.41, 5.74) is 1.73. The zero-order chi connectivity index (χ0) is 17.8. The molecule has 2 unspecified atom stereocenters. The van der Waals surface area contributed by atoms with E-state index in [4.69, 9.17) is 0 Å². The summed E-state index contributed by atoms with van der Waals surface area (Å²) in [6.45, 7) is 3.39. The summed E-state index contributed by atoms with van der Waals surface area (Å²) in [4.78, 5) is 25.2. The molecular weight excluding hydrogens is 320 g/mol. The van der Waals surface area contributed by atoms with E-state index in [2.05, 4.69) is 10.4 Å². The Kier molecular flexibility index (Phi) is 5.02. The van der Waals surface area contributed by atoms with Gasteiger partial charge in [0.1, 0.15) is 0 Å². The van der Waals surface area contributed by atoms with E-state index < -0.39 is 11.9 Å². The molecular formula is C18H22N4O3. The zero-order valence-electron chi connectivity index (χ0n) is 14.1. The number of anilines is 1. The summed E-state index contributed by atoms with van der Waals surface area (Å²) in [7, 11) is 0. The summed E-state index contributed by atoms with van der Waals surface area (Å²) in [5, 5.41) is 16.3. The van der Waals surface area contributed by atoms with Gasteiger partial charge in [-0.1, -0.05) is 37.3 Å². The average molecular weight is 342 g/mol. The molecule has 2 aromatic rings. The van der Waals surface area contributed by atoms with E-state index in [9.17, 15) is 14.7 Å². The van der Waals surface area contributed by atoms with Gasteiger partial charge in [0.2, 0.25) is 0 Å². The van der Waals surface area contributed by atoms with E-state index >= 15 is 0 Å². The molecule has 2 N–H and O–H groups in total. The Morgan fingerprint density at radius 1 is 1.28 bits per heavy atom. The highest BCUT2D eigenvalue weighted by molar-refractivity contribution is 5.89. The number of amides is 2. The Morgan fingerprint density at radius 2 is 2.04 bits per heavy atom. The molecule has 1 aromatic carbocycles. The smallest absolute Gasteiger partial charge is 0.321 e. The second-order valence-corrected chi connectivity index (χ2v) is 6.62. The van der Waals surface area contributed by atoms with Crippen molar-refractivity contribution in [3.05, 3.63) is 48.3 Å². The molecule has 1 fully saturated rings. The van der Waals surface area contributed by atoms with Crippen LogP contribution in [0.1, 0.15) is 18.9 Å². The minimum Gasteiger partial charge on any atom is -0.481 e. The number of benzene rings is 1. The van der Waals surface area contributed by atoms with Gasteiger partial charge in [0, 0.05) is 19.3 Å². The maximum atomic E-state index is 12.4. The van der Waals surface area contributed by atoms with Gasteiger partial charge in [0.25, 0.3) is 0 Å². The van der Waals surface area contributed by atoms with Crippen LogP contribution >= 0.6 is 0 Å². The van der Waals surface area contributed by atoms with Crippen molar-refractivity contribution in [3.8, 4) is 0 Å². The molecule has 7 nitrogen and oxygen atoms in total. The Balaban J connectivity index is 1.60. The van der Waals surface area contributed by atoms with Crippen molar-refractivity contribution in [2.75, 3.05) is 18.4 Å². The molecule has 1 aliphatic heterocycles. The van der Waals surface area contributed by atoms with Crippen LogP contribution in [-0.2, 0) is 11.3 Å². The van der Waals surface area contributed by atoms with Crippen molar-refractivity contribution in [1.29, 1.82) is 0 Å². The van der Waals surface area contributed by atoms with E-state index in [1.54, 1.807) is 22.0 Å². The molecule has 3 rings (SSSR count). The monoisotopic (exact) mass is 342 g/mol. The Hall–Kier alpha value is -2.83. The molecule has 1 saturated heterocycles. The van der Waals surface area contributed by atoms with E-state index in [-0.39, 0.29) is 18.5 Å². The molecule has 2 amide bonds. The number of hydrogen-bond donors (Lipinski definition) is 2. The maximum Gasteiger partial charge on any atom is 0.321 e. The third-order valence-electron chi connectivity index (χ3n) is 4.37. The molecule has 132 valence electrons. The summed E-state index contributed by atoms with van der Waals surface area (Å²) in [5.74, 6) is -1.18. The molecule has 1 aromatic heterocycles. The molecule has 0 bridgehead atoms. The van der Waals surface area contributed by atoms with Gasteiger partial charge >= 0.3 is 12.0 Å². The molecule has 25 heavy (non-hydrogen) atoms. The van der Waals surface area contributed by atoms with Gasteiger partial charge in [0.15, 0.2) is 0 Å². The van der Waals surface area contributed by atoms with Gasteiger partial charge in [-0.3, -0.25) is 9.48 Å². The minimum atomic E-state index is -0.847. The van der Waals surface area contributed by atoms with Crippen molar-refractivity contribution in [2.24, 2.45) is 11.8 Å². The van der Waals surface area contributed by atoms with Crippen LogP contribution in [0, 0.1) is 11.8 Å². The average Bonchev–Trinajstić information content (AvgIpc) is 3.02. The Labute approximate surface area is 146 Å². The Bertz CT molecular complexity index is 744. The molecule has 1 aliphatic rings. The van der Waals surface area contributed by atoms with E-state index in [1.807, 2.05) is 37.3 Å². The van der Waals surface area contributed by atoms with Crippen LogP contribution in [0.15, 0.2) is 42.7 Å². The fraction of sp³-hybridized carbons (Fsp3) is 0.389. The quantitative estimate of drug-likeness (QED) is 0.894. The lowest BCUT2D eigenvalue weighted by atomic mass is 9.91. The van der Waals surface area contributed by atoms with Crippen LogP contribution in [0.25, 0.3) is 0 Å². The molecule has 0 aliphatic carbocycles. The molecule has 2 heterocycles. The van der Waals surface area contributed by atoms with E-state index in [0.717, 1.165) is 5.56 Å². The predicted octanol–water partition coefficient (Wildman–Crippen LogP) is 2.51. The Morgan fingerprint density at radius 3 is 2.76 bits per heavy atom. The number of urea groups is 1. The largest absolute Gasteiger partial charge is 0.481 e. The number of piperidine rings is 1. The van der Waals surface area contributed by atoms with Gasteiger partial charge in [-0.05, 0) is 17.9 Å². The number of carboxylic acid groups (broad SMARTS) is 1. The molecule has 0 spiro atoms. The maximum absolute atomic E-state index is 12.4. The standard InChI is InChI=1S/C18H22N4O3/c1-13-7-15(17(23)24)11-21(9-13)18(25)20-16-8-19-22(12-16)10-14-5-3-2-4-6-14/h2-6,8,12-13,15H,7,9-11H2,1H3,(H,20,25)(H,23,24). The molecule has 2 atom stereocenters. The molecule has 0 saturated carbocycles. The number of carboxylic acids is 1. The van der Waals surface area contributed by atoms with Gasteiger partial charge in [-0.2, -0.15) is 5.10 Å². The van der Waals surface area contributed by atoms with Crippen molar-refractivity contribution < 1.29 is 14.7 Å². The third-order valence-corrected chi connectivity index (χ3v) is 4.37. The summed E-state index contributed by atoms with van der Waals surface area (Å²) < 4.78 is 1.75. The summed E-state index contributed by atoms with van der Waals surface area (Å²) >= 11 is 0. The summed E-state index contributed by atoms with van der Waals surface area (Å²) in [6, 6.07) is 9.65. The lowest BCUT2D eigenvalue weighted by molar-refractivity contribution is -0.143. The number of aliphatic carboxylic acids is 1. The fourth-order valence-corrected chi connectivity index (χ4v) is 3.18. The highest BCUT2D eigenvalue weighted by Crippen LogP contribution is 2.22. The first-order chi connectivity index (χ1) is 12.0. The van der Waals surface area contributed by atoms with Crippen LogP contribution in [0.3, 0.4) is 0 Å². The molecule has 0 radical (unpaired) electrons. The number of carbonyl (C=O) groups excluding carboxylic acids is 1. The highest BCUT2D eigenvalue weighted by atomic mass is 16.4. The summed E-state index contributed by atoms with van der Waals surface area (Å²) in [6.07, 6.45) is 3.98. The van der Waals surface area contributed by atoms with Gasteiger partial charge in [0.05, 0.1) is 24.3 Å². The van der Waals surface area contributed by atoms with Crippen LogP contribution in [0.2, 0.25) is 0 Å². The number of nitrogens with zero attached hydrogens (tertiary/aromatic N) is 3. The van der Waals surface area contributed by atoms with E-state index in [0.29, 0.717) is 25.2 Å². The van der Waals surface area contributed by atoms with Crippen LogP contribution in [-0.4, -0.2) is 44.9 Å². The lowest BCUT2D eigenvalue weighted by Crippen LogP contribution is -2.47. The van der Waals surface area contributed by atoms with Crippen molar-refractivity contribution in [2.45, 2.75) is 19.9 Å². The predicted molar refractivity (Wildman–Crippen MR) is 93.3 cm³/mol. The van der Waals surface area contributed by atoms with Crippen molar-refractivity contribution >= 4 is 17.7 Å². The number of rotatable bonds is 4. The number of hydrogen-bond acceptors (Lipinski definition) is 3. The first kappa shape index (κ1) is 17.0. The van der Waals surface area contributed by atoms with E-state index in [1.165, 1.54) is 0 Å². The fourth-order valence-electron chi connectivity index (χ4n) is 3.18. The SMILES string of the molecule is CC1CC(C(=O)O)CN(C(=O)Nc2cnn(Cc3ccccc3)c2)C1. The van der Waals surface area contributed by atoms with Crippen LogP contribution in [0.5, 0.6) is 0 Å². The molecule has 7 heteroatoms. The van der Waals surface area contributed by atoms with Crippen molar-refractivity contribution in [1.82, 2.24) is 14.7 Å². The number of aromatic nitrogens is 2.